The van der Waals surface area contributed by atoms with Crippen LogP contribution in [0.1, 0.15) is 18.1 Å². The van der Waals surface area contributed by atoms with Crippen LogP contribution in [0.15, 0.2) is 18.5 Å². The molecular weight excluding hydrogens is 233 g/mol. The minimum absolute atomic E-state index is 0.00151. The molecule has 0 aliphatic carbocycles. The fraction of sp³-hybridized carbons (Fsp3) is 0.273. The molecule has 0 atom stereocenters. The largest absolute Gasteiger partial charge is 0.417 e. The zero-order valence-electron chi connectivity index (χ0n) is 8.93. The number of hydrogen-bond donors (Lipinski definition) is 1. The van der Waals surface area contributed by atoms with E-state index in [2.05, 4.69) is 22.1 Å². The summed E-state index contributed by atoms with van der Waals surface area (Å²) in [4.78, 5) is 14.1. The second-order valence-corrected chi connectivity index (χ2v) is 3.13. The van der Waals surface area contributed by atoms with Crippen molar-refractivity contribution in [1.29, 1.82) is 0 Å². The van der Waals surface area contributed by atoms with Gasteiger partial charge in [0, 0.05) is 19.3 Å². The van der Waals surface area contributed by atoms with E-state index in [0.717, 1.165) is 18.5 Å². The van der Waals surface area contributed by atoms with Crippen LogP contribution in [0.2, 0.25) is 0 Å². The topological polar surface area (TPSA) is 42.0 Å². The molecule has 1 amide bonds. The highest BCUT2D eigenvalue weighted by molar-refractivity contribution is 5.73. The van der Waals surface area contributed by atoms with E-state index in [-0.39, 0.29) is 18.0 Å². The lowest BCUT2D eigenvalue weighted by molar-refractivity contribution is -0.137. The maximum Gasteiger partial charge on any atom is 0.417 e. The number of nitrogens with zero attached hydrogens (tertiary/aromatic N) is 1. The molecular formula is C11H9F3N2O. The molecule has 0 unspecified atom stereocenters. The molecule has 1 N–H and O–H groups in total. The summed E-state index contributed by atoms with van der Waals surface area (Å²) in [6.07, 6.45) is -2.35. The Labute approximate surface area is 96.0 Å². The molecule has 1 aromatic heterocycles. The predicted molar refractivity (Wildman–Crippen MR) is 54.8 cm³/mol. The van der Waals surface area contributed by atoms with Gasteiger partial charge in [-0.3, -0.25) is 9.78 Å². The van der Waals surface area contributed by atoms with E-state index in [9.17, 15) is 18.0 Å². The Morgan fingerprint density at radius 1 is 1.53 bits per heavy atom. The zero-order valence-corrected chi connectivity index (χ0v) is 8.93. The van der Waals surface area contributed by atoms with E-state index in [4.69, 9.17) is 0 Å². The summed E-state index contributed by atoms with van der Waals surface area (Å²) in [6.45, 7) is 1.30. The summed E-state index contributed by atoms with van der Waals surface area (Å²) in [5, 5.41) is 2.36. The number of alkyl halides is 3. The van der Waals surface area contributed by atoms with Crippen LogP contribution in [0.3, 0.4) is 0 Å². The first-order valence-corrected chi connectivity index (χ1v) is 4.66. The lowest BCUT2D eigenvalue weighted by atomic mass is 10.1. The van der Waals surface area contributed by atoms with Gasteiger partial charge in [0.05, 0.1) is 17.7 Å². The zero-order chi connectivity index (χ0) is 12.9. The standard InChI is InChI=1S/C11H9F3N2O/c1-8(17)16-5-2-3-9-7-15-6-4-10(9)11(12,13)14/h4,6-7H,5H2,1H3,(H,16,17). The summed E-state index contributed by atoms with van der Waals surface area (Å²) in [5.74, 6) is 4.46. The summed E-state index contributed by atoms with van der Waals surface area (Å²) >= 11 is 0. The average Bonchev–Trinajstić information content (AvgIpc) is 2.23. The molecule has 0 radical (unpaired) electrons. The highest BCUT2D eigenvalue weighted by Crippen LogP contribution is 2.30. The normalized spacial score (nSPS) is 10.4. The first kappa shape index (κ1) is 13.0. The van der Waals surface area contributed by atoms with Crippen molar-refractivity contribution in [2.24, 2.45) is 0 Å². The number of hydrogen-bond acceptors (Lipinski definition) is 2. The number of halogens is 3. The molecule has 0 spiro atoms. The molecule has 1 aromatic rings. The minimum Gasteiger partial charge on any atom is -0.345 e. The van der Waals surface area contributed by atoms with Crippen molar-refractivity contribution < 1.29 is 18.0 Å². The summed E-state index contributed by atoms with van der Waals surface area (Å²) in [5.41, 5.74) is -1.03. The third kappa shape index (κ3) is 4.15. The molecule has 0 fully saturated rings. The molecule has 90 valence electrons. The van der Waals surface area contributed by atoms with Crippen LogP contribution in [-0.2, 0) is 11.0 Å². The summed E-state index contributed by atoms with van der Waals surface area (Å²) < 4.78 is 37.6. The van der Waals surface area contributed by atoms with Gasteiger partial charge in [-0.15, -0.1) is 0 Å². The monoisotopic (exact) mass is 242 g/mol. The van der Waals surface area contributed by atoms with E-state index in [0.29, 0.717) is 0 Å². The smallest absolute Gasteiger partial charge is 0.345 e. The molecule has 6 heteroatoms. The SMILES string of the molecule is CC(=O)NCC#Cc1cnccc1C(F)(F)F. The maximum atomic E-state index is 12.5. The second kappa shape index (κ2) is 5.34. The fourth-order valence-corrected chi connectivity index (χ4v) is 1.05. The van der Waals surface area contributed by atoms with Crippen LogP contribution in [0.5, 0.6) is 0 Å². The van der Waals surface area contributed by atoms with Gasteiger partial charge in [0.2, 0.25) is 5.91 Å². The molecule has 0 aromatic carbocycles. The Bertz CT molecular complexity index is 472. The minimum atomic E-state index is -4.46. The molecule has 0 saturated carbocycles. The molecule has 0 saturated heterocycles. The van der Waals surface area contributed by atoms with Crippen molar-refractivity contribution in [1.82, 2.24) is 10.3 Å². The molecule has 0 aliphatic heterocycles. The van der Waals surface area contributed by atoms with Gasteiger partial charge in [0.1, 0.15) is 0 Å². The van der Waals surface area contributed by atoms with E-state index in [1.165, 1.54) is 6.92 Å². The van der Waals surface area contributed by atoms with Crippen LogP contribution >= 0.6 is 0 Å². The van der Waals surface area contributed by atoms with Crippen LogP contribution in [0.4, 0.5) is 13.2 Å². The number of pyridine rings is 1. The quantitative estimate of drug-likeness (QED) is 0.760. The van der Waals surface area contributed by atoms with Crippen LogP contribution in [0, 0.1) is 11.8 Å². The number of carbonyl (C=O) groups is 1. The lowest BCUT2D eigenvalue weighted by Crippen LogP contribution is -2.19. The van der Waals surface area contributed by atoms with Crippen molar-refractivity contribution >= 4 is 5.91 Å². The number of rotatable bonds is 1. The third-order valence-electron chi connectivity index (χ3n) is 1.78. The first-order valence-electron chi connectivity index (χ1n) is 4.66. The Kier molecular flexibility index (Phi) is 4.10. The number of amides is 1. The van der Waals surface area contributed by atoms with Crippen molar-refractivity contribution in [3.05, 3.63) is 29.6 Å². The van der Waals surface area contributed by atoms with Crippen molar-refractivity contribution in [3.63, 3.8) is 0 Å². The van der Waals surface area contributed by atoms with Gasteiger partial charge in [0.25, 0.3) is 0 Å². The van der Waals surface area contributed by atoms with Gasteiger partial charge in [-0.1, -0.05) is 11.8 Å². The van der Waals surface area contributed by atoms with E-state index in [1.807, 2.05) is 0 Å². The van der Waals surface area contributed by atoms with Crippen LogP contribution < -0.4 is 5.32 Å². The Morgan fingerprint density at radius 3 is 2.82 bits per heavy atom. The average molecular weight is 242 g/mol. The van der Waals surface area contributed by atoms with E-state index < -0.39 is 11.7 Å². The highest BCUT2D eigenvalue weighted by atomic mass is 19.4. The molecule has 1 rings (SSSR count). The Balaban J connectivity index is 2.88. The van der Waals surface area contributed by atoms with E-state index in [1.54, 1.807) is 0 Å². The first-order chi connectivity index (χ1) is 7.91. The maximum absolute atomic E-state index is 12.5. The molecule has 0 aliphatic rings. The Hall–Kier alpha value is -2.03. The van der Waals surface area contributed by atoms with Gasteiger partial charge in [0.15, 0.2) is 0 Å². The van der Waals surface area contributed by atoms with Gasteiger partial charge in [-0.2, -0.15) is 13.2 Å². The van der Waals surface area contributed by atoms with Crippen LogP contribution in [0.25, 0.3) is 0 Å². The van der Waals surface area contributed by atoms with Gasteiger partial charge >= 0.3 is 6.18 Å². The predicted octanol–water partition coefficient (Wildman–Crippen LogP) is 1.59. The van der Waals surface area contributed by atoms with E-state index >= 15 is 0 Å². The highest BCUT2D eigenvalue weighted by Gasteiger charge is 2.32. The molecule has 1 heterocycles. The second-order valence-electron chi connectivity index (χ2n) is 3.13. The third-order valence-corrected chi connectivity index (χ3v) is 1.78. The van der Waals surface area contributed by atoms with Crippen molar-refractivity contribution in [2.45, 2.75) is 13.1 Å². The fourth-order valence-electron chi connectivity index (χ4n) is 1.05. The van der Waals surface area contributed by atoms with Crippen molar-refractivity contribution in [3.8, 4) is 11.8 Å². The summed E-state index contributed by atoms with van der Waals surface area (Å²) in [6, 6.07) is 0.864. The van der Waals surface area contributed by atoms with Gasteiger partial charge in [-0.05, 0) is 6.07 Å². The number of nitrogens with one attached hydrogen (secondary N) is 1. The lowest BCUT2D eigenvalue weighted by Gasteiger charge is -2.07. The number of carbonyl (C=O) groups excluding carboxylic acids is 1. The molecule has 3 nitrogen and oxygen atoms in total. The number of aromatic nitrogens is 1. The van der Waals surface area contributed by atoms with Gasteiger partial charge in [-0.25, -0.2) is 0 Å². The van der Waals surface area contributed by atoms with Crippen molar-refractivity contribution in [2.75, 3.05) is 6.54 Å². The van der Waals surface area contributed by atoms with Gasteiger partial charge < -0.3 is 5.32 Å². The van der Waals surface area contributed by atoms with Crippen LogP contribution in [-0.4, -0.2) is 17.4 Å². The summed E-state index contributed by atoms with van der Waals surface area (Å²) in [7, 11) is 0. The molecule has 0 bridgehead atoms. The Morgan fingerprint density at radius 2 is 2.24 bits per heavy atom. The molecule has 17 heavy (non-hydrogen) atoms.